The summed E-state index contributed by atoms with van der Waals surface area (Å²) in [5, 5.41) is 19.9. The molecule has 96 valence electrons. The molecule has 1 N–H and O–H groups in total. The van der Waals surface area contributed by atoms with Crippen LogP contribution in [-0.2, 0) is 0 Å². The zero-order valence-corrected chi connectivity index (χ0v) is 11.1. The van der Waals surface area contributed by atoms with E-state index in [-0.39, 0.29) is 5.56 Å². The first-order valence-corrected chi connectivity index (χ1v) is 5.87. The highest BCUT2D eigenvalue weighted by atomic mass is 35.5. The van der Waals surface area contributed by atoms with Crippen LogP contribution in [0.1, 0.15) is 16.7 Å². The van der Waals surface area contributed by atoms with Crippen LogP contribution in [0.5, 0.6) is 0 Å². The molecular weight excluding hydrogens is 267 g/mol. The van der Waals surface area contributed by atoms with Crippen molar-refractivity contribution in [1.82, 2.24) is 10.2 Å². The maximum atomic E-state index is 13.5. The molecule has 1 heterocycles. The Morgan fingerprint density at radius 3 is 2.68 bits per heavy atom. The van der Waals surface area contributed by atoms with Gasteiger partial charge in [-0.05, 0) is 37.1 Å². The van der Waals surface area contributed by atoms with Gasteiger partial charge in [0.2, 0.25) is 0 Å². The number of nitrogens with zero attached hydrogens (tertiary/aromatic N) is 3. The molecule has 1 aromatic heterocycles. The van der Waals surface area contributed by atoms with E-state index in [1.165, 1.54) is 12.1 Å². The fourth-order valence-electron chi connectivity index (χ4n) is 1.56. The molecule has 0 aliphatic heterocycles. The minimum absolute atomic E-state index is 0.0590. The van der Waals surface area contributed by atoms with Crippen molar-refractivity contribution in [3.8, 4) is 6.07 Å². The van der Waals surface area contributed by atoms with Gasteiger partial charge in [-0.25, -0.2) is 4.39 Å². The molecule has 0 aliphatic rings. The fourth-order valence-corrected chi connectivity index (χ4v) is 1.74. The van der Waals surface area contributed by atoms with E-state index in [9.17, 15) is 4.39 Å². The maximum absolute atomic E-state index is 13.5. The summed E-state index contributed by atoms with van der Waals surface area (Å²) in [5.74, 6) is -0.132. The minimum atomic E-state index is -0.580. The molecule has 19 heavy (non-hydrogen) atoms. The first-order valence-electron chi connectivity index (χ1n) is 5.49. The van der Waals surface area contributed by atoms with E-state index in [4.69, 9.17) is 16.9 Å². The molecule has 2 aromatic rings. The van der Waals surface area contributed by atoms with Crippen molar-refractivity contribution in [2.45, 2.75) is 13.8 Å². The lowest BCUT2D eigenvalue weighted by atomic mass is 10.1. The maximum Gasteiger partial charge on any atom is 0.156 e. The molecule has 0 aliphatic carbocycles. The summed E-state index contributed by atoms with van der Waals surface area (Å²) in [6.45, 7) is 3.64. The molecule has 0 radical (unpaired) electrons. The monoisotopic (exact) mass is 276 g/mol. The van der Waals surface area contributed by atoms with Crippen LogP contribution in [-0.4, -0.2) is 10.2 Å². The Morgan fingerprint density at radius 1 is 1.26 bits per heavy atom. The lowest BCUT2D eigenvalue weighted by Gasteiger charge is -2.11. The number of aromatic nitrogens is 2. The van der Waals surface area contributed by atoms with Gasteiger partial charge in [0.25, 0.3) is 0 Å². The molecule has 2 rings (SSSR count). The van der Waals surface area contributed by atoms with Gasteiger partial charge in [0.05, 0.1) is 5.69 Å². The van der Waals surface area contributed by atoms with E-state index in [2.05, 4.69) is 15.5 Å². The van der Waals surface area contributed by atoms with E-state index < -0.39 is 5.82 Å². The zero-order chi connectivity index (χ0) is 14.0. The lowest BCUT2D eigenvalue weighted by molar-refractivity contribution is 0.624. The van der Waals surface area contributed by atoms with Crippen molar-refractivity contribution in [3.05, 3.63) is 45.9 Å². The zero-order valence-electron chi connectivity index (χ0n) is 10.3. The number of nitriles is 1. The van der Waals surface area contributed by atoms with Crippen LogP contribution in [0, 0.1) is 31.0 Å². The van der Waals surface area contributed by atoms with Crippen LogP contribution >= 0.6 is 11.6 Å². The van der Waals surface area contributed by atoms with Gasteiger partial charge < -0.3 is 5.32 Å². The van der Waals surface area contributed by atoms with Gasteiger partial charge in [-0.1, -0.05) is 17.7 Å². The molecule has 6 heteroatoms. The Morgan fingerprint density at radius 2 is 2.00 bits per heavy atom. The number of hydrogen-bond acceptors (Lipinski definition) is 4. The van der Waals surface area contributed by atoms with Crippen molar-refractivity contribution in [3.63, 3.8) is 0 Å². The molecule has 0 unspecified atom stereocenters. The SMILES string of the molecule is Cc1c(Cl)nnc(Nc2cccc(F)c2C#N)c1C. The Hall–Kier alpha value is -2.19. The Kier molecular flexibility index (Phi) is 3.63. The Bertz CT molecular complexity index is 679. The number of benzene rings is 1. The molecule has 0 amide bonds. The van der Waals surface area contributed by atoms with Gasteiger partial charge in [0.15, 0.2) is 11.0 Å². The Balaban J connectivity index is 2.46. The highest BCUT2D eigenvalue weighted by molar-refractivity contribution is 6.30. The van der Waals surface area contributed by atoms with E-state index in [0.717, 1.165) is 11.1 Å². The van der Waals surface area contributed by atoms with Crippen molar-refractivity contribution in [2.24, 2.45) is 0 Å². The van der Waals surface area contributed by atoms with E-state index >= 15 is 0 Å². The summed E-state index contributed by atoms with van der Waals surface area (Å²) in [4.78, 5) is 0. The van der Waals surface area contributed by atoms with Crippen LogP contribution < -0.4 is 5.32 Å². The van der Waals surface area contributed by atoms with Gasteiger partial charge >= 0.3 is 0 Å². The number of rotatable bonds is 2. The molecule has 0 saturated heterocycles. The third-order valence-corrected chi connectivity index (χ3v) is 3.20. The van der Waals surface area contributed by atoms with Crippen LogP contribution in [0.2, 0.25) is 5.15 Å². The highest BCUT2D eigenvalue weighted by Gasteiger charge is 2.12. The van der Waals surface area contributed by atoms with E-state index in [1.54, 1.807) is 6.07 Å². The fraction of sp³-hybridized carbons (Fsp3) is 0.154. The largest absolute Gasteiger partial charge is 0.337 e. The molecule has 0 saturated carbocycles. The van der Waals surface area contributed by atoms with Gasteiger partial charge in [0.1, 0.15) is 17.4 Å². The summed E-state index contributed by atoms with van der Waals surface area (Å²) in [6, 6.07) is 6.17. The molecule has 0 atom stereocenters. The topological polar surface area (TPSA) is 61.6 Å². The second-order valence-electron chi connectivity index (χ2n) is 3.99. The molecule has 1 aromatic carbocycles. The average Bonchev–Trinajstić information content (AvgIpc) is 2.40. The Labute approximate surface area is 114 Å². The highest BCUT2D eigenvalue weighted by Crippen LogP contribution is 2.26. The van der Waals surface area contributed by atoms with Gasteiger partial charge in [0, 0.05) is 0 Å². The third kappa shape index (κ3) is 2.49. The first kappa shape index (κ1) is 13.2. The predicted molar refractivity (Wildman–Crippen MR) is 70.9 cm³/mol. The average molecular weight is 277 g/mol. The third-order valence-electron chi connectivity index (χ3n) is 2.84. The van der Waals surface area contributed by atoms with Crippen LogP contribution in [0.15, 0.2) is 18.2 Å². The normalized spacial score (nSPS) is 10.1. The van der Waals surface area contributed by atoms with Crippen molar-refractivity contribution in [2.75, 3.05) is 5.32 Å². The van der Waals surface area contributed by atoms with Crippen molar-refractivity contribution in [1.29, 1.82) is 5.26 Å². The standard InChI is InChI=1S/C13H10ClFN4/c1-7-8(2)13(19-18-12(7)14)17-11-5-3-4-10(15)9(11)6-16/h3-5H,1-2H3,(H,17,19). The van der Waals surface area contributed by atoms with Crippen molar-refractivity contribution < 1.29 is 4.39 Å². The second kappa shape index (κ2) is 5.21. The van der Waals surface area contributed by atoms with Crippen LogP contribution in [0.3, 0.4) is 0 Å². The summed E-state index contributed by atoms with van der Waals surface area (Å²) in [6.07, 6.45) is 0. The van der Waals surface area contributed by atoms with Crippen LogP contribution in [0.25, 0.3) is 0 Å². The van der Waals surface area contributed by atoms with E-state index in [0.29, 0.717) is 16.7 Å². The summed E-state index contributed by atoms with van der Waals surface area (Å²) < 4.78 is 13.5. The number of hydrogen-bond donors (Lipinski definition) is 1. The quantitative estimate of drug-likeness (QED) is 0.912. The summed E-state index contributed by atoms with van der Waals surface area (Å²) >= 11 is 5.86. The molecule has 0 fully saturated rings. The van der Waals surface area contributed by atoms with Gasteiger partial charge in [-0.3, -0.25) is 0 Å². The lowest BCUT2D eigenvalue weighted by Crippen LogP contribution is -2.03. The van der Waals surface area contributed by atoms with Crippen LogP contribution in [0.4, 0.5) is 15.9 Å². The summed E-state index contributed by atoms with van der Waals surface area (Å²) in [5.41, 5.74) is 1.88. The molecule has 4 nitrogen and oxygen atoms in total. The summed E-state index contributed by atoms with van der Waals surface area (Å²) in [7, 11) is 0. The molecule has 0 bridgehead atoms. The van der Waals surface area contributed by atoms with Gasteiger partial charge in [-0.2, -0.15) is 5.26 Å². The molecule has 0 spiro atoms. The predicted octanol–water partition coefficient (Wildman–Crippen LogP) is 3.50. The molecular formula is C13H10ClFN4. The number of halogens is 2. The smallest absolute Gasteiger partial charge is 0.156 e. The van der Waals surface area contributed by atoms with Gasteiger partial charge in [-0.15, -0.1) is 10.2 Å². The number of anilines is 2. The number of nitrogens with one attached hydrogen (secondary N) is 1. The van der Waals surface area contributed by atoms with E-state index in [1.807, 2.05) is 19.9 Å². The minimum Gasteiger partial charge on any atom is -0.337 e. The van der Waals surface area contributed by atoms with Crippen molar-refractivity contribution >= 4 is 23.1 Å². The second-order valence-corrected chi connectivity index (χ2v) is 4.35. The first-order chi connectivity index (χ1) is 9.04.